The lowest BCUT2D eigenvalue weighted by atomic mass is 10.2. The molecule has 0 aliphatic heterocycles. The summed E-state index contributed by atoms with van der Waals surface area (Å²) in [6.07, 6.45) is 1.40. The predicted molar refractivity (Wildman–Crippen MR) is 55.3 cm³/mol. The lowest BCUT2D eigenvalue weighted by Gasteiger charge is -1.96. The molecule has 1 heterocycles. The predicted octanol–water partition coefficient (Wildman–Crippen LogP) is 3.17. The number of fused-ring (bicyclic) bond motifs is 1. The summed E-state index contributed by atoms with van der Waals surface area (Å²) in [7, 11) is 0. The molecule has 0 aliphatic carbocycles. The number of halogens is 2. The first kappa shape index (κ1) is 9.37. The quantitative estimate of drug-likeness (QED) is 0.790. The van der Waals surface area contributed by atoms with Crippen molar-refractivity contribution in [2.45, 2.75) is 0 Å². The van der Waals surface area contributed by atoms with Crippen LogP contribution < -0.4 is 0 Å². The minimum atomic E-state index is -1.01. The summed E-state index contributed by atoms with van der Waals surface area (Å²) >= 11 is 11.6. The van der Waals surface area contributed by atoms with Crippen LogP contribution in [0.15, 0.2) is 18.3 Å². The molecule has 2 aromatic rings. The fourth-order valence-electron chi connectivity index (χ4n) is 1.33. The maximum absolute atomic E-state index is 10.8. The molecule has 5 heteroatoms. The van der Waals surface area contributed by atoms with E-state index in [1.807, 2.05) is 0 Å². The van der Waals surface area contributed by atoms with Crippen LogP contribution in [0.4, 0.5) is 0 Å². The number of H-pyrrole nitrogens is 1. The van der Waals surface area contributed by atoms with Gasteiger partial charge in [0, 0.05) is 16.6 Å². The highest BCUT2D eigenvalue weighted by molar-refractivity contribution is 6.38. The molecule has 0 bridgehead atoms. The van der Waals surface area contributed by atoms with Gasteiger partial charge in [-0.1, -0.05) is 23.2 Å². The first-order valence-electron chi connectivity index (χ1n) is 3.79. The number of benzene rings is 1. The van der Waals surface area contributed by atoms with Crippen LogP contribution in [0, 0.1) is 0 Å². The zero-order valence-corrected chi connectivity index (χ0v) is 8.36. The maximum Gasteiger partial charge on any atom is 0.337 e. The third-order valence-corrected chi connectivity index (χ3v) is 2.45. The molecule has 0 aliphatic rings. The molecule has 14 heavy (non-hydrogen) atoms. The first-order chi connectivity index (χ1) is 6.59. The van der Waals surface area contributed by atoms with Gasteiger partial charge in [-0.2, -0.15) is 0 Å². The largest absolute Gasteiger partial charge is 0.478 e. The van der Waals surface area contributed by atoms with Gasteiger partial charge < -0.3 is 10.1 Å². The van der Waals surface area contributed by atoms with Gasteiger partial charge in [-0.15, -0.1) is 0 Å². The van der Waals surface area contributed by atoms with Crippen molar-refractivity contribution in [1.82, 2.24) is 4.98 Å². The van der Waals surface area contributed by atoms with Crippen LogP contribution in [0.5, 0.6) is 0 Å². The highest BCUT2D eigenvalue weighted by atomic mass is 35.5. The molecule has 0 atom stereocenters. The fraction of sp³-hybridized carbons (Fsp3) is 0. The molecule has 0 amide bonds. The van der Waals surface area contributed by atoms with E-state index in [-0.39, 0.29) is 5.56 Å². The van der Waals surface area contributed by atoms with E-state index >= 15 is 0 Å². The number of nitrogens with one attached hydrogen (secondary N) is 1. The molecule has 0 saturated heterocycles. The summed E-state index contributed by atoms with van der Waals surface area (Å²) in [5.41, 5.74) is 0.762. The van der Waals surface area contributed by atoms with Crippen molar-refractivity contribution in [3.8, 4) is 0 Å². The van der Waals surface area contributed by atoms with Gasteiger partial charge in [0.1, 0.15) is 0 Å². The molecule has 0 radical (unpaired) electrons. The number of hydrogen-bond acceptors (Lipinski definition) is 1. The van der Waals surface area contributed by atoms with Crippen LogP contribution in [0.1, 0.15) is 10.4 Å². The highest BCUT2D eigenvalue weighted by Gasteiger charge is 2.12. The smallest absolute Gasteiger partial charge is 0.337 e. The Labute approximate surface area is 89.2 Å². The molecule has 1 aromatic heterocycles. The summed E-state index contributed by atoms with van der Waals surface area (Å²) in [5.74, 6) is -1.01. The second-order valence-corrected chi connectivity index (χ2v) is 3.66. The number of carboxylic acid groups (broad SMARTS) is 1. The lowest BCUT2D eigenvalue weighted by Crippen LogP contribution is -1.93. The van der Waals surface area contributed by atoms with Crippen LogP contribution >= 0.6 is 23.2 Å². The molecular weight excluding hydrogens is 225 g/mol. The second kappa shape index (κ2) is 3.19. The van der Waals surface area contributed by atoms with Crippen molar-refractivity contribution < 1.29 is 9.90 Å². The monoisotopic (exact) mass is 229 g/mol. The van der Waals surface area contributed by atoms with Crippen molar-refractivity contribution in [3.05, 3.63) is 33.9 Å². The van der Waals surface area contributed by atoms with Crippen molar-refractivity contribution in [2.24, 2.45) is 0 Å². The van der Waals surface area contributed by atoms with Crippen LogP contribution in [-0.2, 0) is 0 Å². The van der Waals surface area contributed by atoms with Gasteiger partial charge in [0.05, 0.1) is 16.1 Å². The third kappa shape index (κ3) is 1.35. The Morgan fingerprint density at radius 3 is 2.71 bits per heavy atom. The van der Waals surface area contributed by atoms with Crippen molar-refractivity contribution in [3.63, 3.8) is 0 Å². The normalized spacial score (nSPS) is 10.7. The number of rotatable bonds is 1. The topological polar surface area (TPSA) is 53.1 Å². The minimum absolute atomic E-state index is 0.171. The average Bonchev–Trinajstić information content (AvgIpc) is 2.47. The summed E-state index contributed by atoms with van der Waals surface area (Å²) in [6.45, 7) is 0. The fourth-order valence-corrected chi connectivity index (χ4v) is 1.88. The van der Waals surface area contributed by atoms with Crippen LogP contribution in [0.3, 0.4) is 0 Å². The Morgan fingerprint density at radius 2 is 2.07 bits per heavy atom. The van der Waals surface area contributed by atoms with Gasteiger partial charge in [-0.3, -0.25) is 0 Å². The second-order valence-electron chi connectivity index (χ2n) is 2.82. The molecule has 0 saturated carbocycles. The van der Waals surface area contributed by atoms with E-state index in [9.17, 15) is 4.79 Å². The molecule has 0 fully saturated rings. The standard InChI is InChI=1S/C9H5Cl2NO2/c10-4-1-5-6(9(13)14)3-12-8(5)7(11)2-4/h1-3,12H,(H,13,14). The molecule has 2 N–H and O–H groups in total. The summed E-state index contributed by atoms with van der Waals surface area (Å²) < 4.78 is 0. The summed E-state index contributed by atoms with van der Waals surface area (Å²) in [5, 5.41) is 10.2. The van der Waals surface area contributed by atoms with Gasteiger partial charge in [0.15, 0.2) is 0 Å². The molecule has 72 valence electrons. The molecule has 0 spiro atoms. The average molecular weight is 230 g/mol. The molecule has 3 nitrogen and oxygen atoms in total. The van der Waals surface area contributed by atoms with Gasteiger partial charge in [-0.05, 0) is 12.1 Å². The maximum atomic E-state index is 10.8. The Kier molecular flexibility index (Phi) is 2.13. The van der Waals surface area contributed by atoms with Crippen molar-refractivity contribution >= 4 is 40.1 Å². The van der Waals surface area contributed by atoms with Crippen LogP contribution in [-0.4, -0.2) is 16.1 Å². The SMILES string of the molecule is O=C(O)c1c[nH]c2c(Cl)cc(Cl)cc12. The Balaban J connectivity index is 2.85. The van der Waals surface area contributed by atoms with Crippen molar-refractivity contribution in [2.75, 3.05) is 0 Å². The Bertz CT molecular complexity index is 519. The Hall–Kier alpha value is -1.19. The zero-order chi connectivity index (χ0) is 10.3. The molecular formula is C9H5Cl2NO2. The zero-order valence-electron chi connectivity index (χ0n) is 6.84. The number of aromatic carboxylic acids is 1. The first-order valence-corrected chi connectivity index (χ1v) is 4.54. The van der Waals surface area contributed by atoms with E-state index in [1.54, 1.807) is 12.1 Å². The number of aromatic nitrogens is 1. The van der Waals surface area contributed by atoms with Crippen molar-refractivity contribution in [1.29, 1.82) is 0 Å². The van der Waals surface area contributed by atoms with E-state index in [4.69, 9.17) is 28.3 Å². The van der Waals surface area contributed by atoms with Gasteiger partial charge >= 0.3 is 5.97 Å². The minimum Gasteiger partial charge on any atom is -0.478 e. The van der Waals surface area contributed by atoms with E-state index in [0.717, 1.165) is 0 Å². The van der Waals surface area contributed by atoms with Gasteiger partial charge in [0.2, 0.25) is 0 Å². The molecule has 2 rings (SSSR count). The van der Waals surface area contributed by atoms with Crippen LogP contribution in [0.2, 0.25) is 10.0 Å². The third-order valence-electron chi connectivity index (χ3n) is 1.94. The van der Waals surface area contributed by atoms with Crippen LogP contribution in [0.25, 0.3) is 10.9 Å². The van der Waals surface area contributed by atoms with E-state index in [0.29, 0.717) is 20.9 Å². The summed E-state index contributed by atoms with van der Waals surface area (Å²) in [6, 6.07) is 3.14. The number of carboxylic acids is 1. The number of carbonyl (C=O) groups is 1. The molecule has 0 unspecified atom stereocenters. The van der Waals surface area contributed by atoms with Gasteiger partial charge in [0.25, 0.3) is 0 Å². The molecule has 1 aromatic carbocycles. The highest BCUT2D eigenvalue weighted by Crippen LogP contribution is 2.29. The summed E-state index contributed by atoms with van der Waals surface area (Å²) in [4.78, 5) is 13.6. The van der Waals surface area contributed by atoms with E-state index in [1.165, 1.54) is 6.20 Å². The number of hydrogen-bond donors (Lipinski definition) is 2. The number of aromatic amines is 1. The van der Waals surface area contributed by atoms with E-state index in [2.05, 4.69) is 4.98 Å². The Morgan fingerprint density at radius 1 is 1.36 bits per heavy atom. The lowest BCUT2D eigenvalue weighted by molar-refractivity contribution is 0.0699. The van der Waals surface area contributed by atoms with Gasteiger partial charge in [-0.25, -0.2) is 4.79 Å². The van der Waals surface area contributed by atoms with E-state index < -0.39 is 5.97 Å².